The Hall–Kier alpha value is -2.12. The van der Waals surface area contributed by atoms with Crippen LogP contribution in [0.25, 0.3) is 0 Å². The predicted molar refractivity (Wildman–Crippen MR) is 116 cm³/mol. The third-order valence-electron chi connectivity index (χ3n) is 5.36. The fourth-order valence-corrected chi connectivity index (χ4v) is 5.05. The minimum absolute atomic E-state index is 0.0109. The Bertz CT molecular complexity index is 912. The number of hydrogen-bond acceptors (Lipinski definition) is 5. The molecule has 1 saturated heterocycles. The maximum Gasteiger partial charge on any atom is 0.223 e. The molecule has 1 aromatic carbocycles. The van der Waals surface area contributed by atoms with Crippen LogP contribution in [0.5, 0.6) is 0 Å². The van der Waals surface area contributed by atoms with Gasteiger partial charge in [-0.25, -0.2) is 8.42 Å². The maximum absolute atomic E-state index is 12.6. The summed E-state index contributed by atoms with van der Waals surface area (Å²) in [6.07, 6.45) is 5.30. The number of anilines is 1. The van der Waals surface area contributed by atoms with Crippen LogP contribution in [0, 0.1) is 0 Å². The molecular weight excluding hydrogens is 410 g/mol. The number of piperidine rings is 1. The van der Waals surface area contributed by atoms with E-state index < -0.39 is 9.84 Å². The van der Waals surface area contributed by atoms with E-state index >= 15 is 0 Å². The lowest BCUT2D eigenvalue weighted by atomic mass is 10.0. The van der Waals surface area contributed by atoms with E-state index in [0.29, 0.717) is 10.6 Å². The van der Waals surface area contributed by atoms with Crippen molar-refractivity contribution in [3.05, 3.63) is 59.4 Å². The van der Waals surface area contributed by atoms with Gasteiger partial charge in [0.15, 0.2) is 9.84 Å². The lowest BCUT2D eigenvalue weighted by Gasteiger charge is -2.37. The van der Waals surface area contributed by atoms with E-state index in [1.165, 1.54) is 0 Å². The molecule has 2 aromatic rings. The van der Waals surface area contributed by atoms with Crippen molar-refractivity contribution in [2.45, 2.75) is 31.1 Å². The van der Waals surface area contributed by atoms with Crippen molar-refractivity contribution in [3.8, 4) is 0 Å². The summed E-state index contributed by atoms with van der Waals surface area (Å²) in [4.78, 5) is 20.6. The average Bonchev–Trinajstić information content (AvgIpc) is 2.74. The Kier molecular flexibility index (Phi) is 7.14. The van der Waals surface area contributed by atoms with Crippen LogP contribution in [0.1, 0.15) is 24.8 Å². The quantitative estimate of drug-likeness (QED) is 0.668. The standard InChI is InChI=1S/C21H26ClN3O3S/c1-24(19-8-13-25(14-9-19)20-6-11-23-12-7-20)21(26)10-15-29(27,28)16-17-2-4-18(22)5-3-17/h2-7,11-12,19H,8-10,13-16H2,1H3. The van der Waals surface area contributed by atoms with Crippen LogP contribution >= 0.6 is 11.6 Å². The van der Waals surface area contributed by atoms with Gasteiger partial charge in [0.2, 0.25) is 5.91 Å². The molecule has 156 valence electrons. The molecule has 1 amide bonds. The van der Waals surface area contributed by atoms with Gasteiger partial charge < -0.3 is 9.80 Å². The number of hydrogen-bond donors (Lipinski definition) is 0. The number of carbonyl (C=O) groups excluding carboxylic acids is 1. The first kappa shape index (κ1) is 21.6. The largest absolute Gasteiger partial charge is 0.371 e. The summed E-state index contributed by atoms with van der Waals surface area (Å²) in [5.41, 5.74) is 1.82. The summed E-state index contributed by atoms with van der Waals surface area (Å²) in [7, 11) is -1.58. The van der Waals surface area contributed by atoms with Crippen molar-refractivity contribution in [3.63, 3.8) is 0 Å². The van der Waals surface area contributed by atoms with E-state index in [2.05, 4.69) is 9.88 Å². The summed E-state index contributed by atoms with van der Waals surface area (Å²) >= 11 is 5.83. The Morgan fingerprint density at radius 2 is 1.76 bits per heavy atom. The highest BCUT2D eigenvalue weighted by molar-refractivity contribution is 7.90. The number of benzene rings is 1. The molecule has 0 atom stereocenters. The van der Waals surface area contributed by atoms with Gasteiger partial charge in [-0.15, -0.1) is 0 Å². The van der Waals surface area contributed by atoms with Crippen LogP contribution in [0.4, 0.5) is 5.69 Å². The molecular formula is C21H26ClN3O3S. The van der Waals surface area contributed by atoms with Gasteiger partial charge in [0, 0.05) is 55.7 Å². The molecule has 3 rings (SSSR count). The molecule has 1 aromatic heterocycles. The number of aromatic nitrogens is 1. The number of carbonyl (C=O) groups is 1. The van der Waals surface area contributed by atoms with Crippen molar-refractivity contribution in [2.75, 3.05) is 30.8 Å². The second kappa shape index (κ2) is 9.59. The molecule has 0 bridgehead atoms. The zero-order valence-electron chi connectivity index (χ0n) is 16.5. The van der Waals surface area contributed by atoms with Crippen molar-refractivity contribution in [1.29, 1.82) is 0 Å². The third-order valence-corrected chi connectivity index (χ3v) is 7.21. The number of amides is 1. The number of halogens is 1. The minimum atomic E-state index is -3.36. The molecule has 8 heteroatoms. The maximum atomic E-state index is 12.6. The molecule has 1 fully saturated rings. The normalized spacial score (nSPS) is 15.3. The molecule has 0 unspecified atom stereocenters. The SMILES string of the molecule is CN(C(=O)CCS(=O)(=O)Cc1ccc(Cl)cc1)C1CCN(c2ccncc2)CC1. The lowest BCUT2D eigenvalue weighted by molar-refractivity contribution is -0.131. The van der Waals surface area contributed by atoms with Crippen molar-refractivity contribution in [2.24, 2.45) is 0 Å². The highest BCUT2D eigenvalue weighted by atomic mass is 35.5. The van der Waals surface area contributed by atoms with Gasteiger partial charge in [0.25, 0.3) is 0 Å². The highest BCUT2D eigenvalue weighted by Gasteiger charge is 2.26. The first-order valence-electron chi connectivity index (χ1n) is 9.69. The van der Waals surface area contributed by atoms with Crippen molar-refractivity contribution in [1.82, 2.24) is 9.88 Å². The van der Waals surface area contributed by atoms with Gasteiger partial charge >= 0.3 is 0 Å². The Morgan fingerprint density at radius 3 is 2.38 bits per heavy atom. The minimum Gasteiger partial charge on any atom is -0.371 e. The van der Waals surface area contributed by atoms with Gasteiger partial charge in [0.1, 0.15) is 0 Å². The fraction of sp³-hybridized carbons (Fsp3) is 0.429. The topological polar surface area (TPSA) is 70.6 Å². The monoisotopic (exact) mass is 435 g/mol. The molecule has 29 heavy (non-hydrogen) atoms. The summed E-state index contributed by atoms with van der Waals surface area (Å²) in [6, 6.07) is 10.9. The summed E-state index contributed by atoms with van der Waals surface area (Å²) < 4.78 is 24.7. The van der Waals surface area contributed by atoms with E-state index in [1.807, 2.05) is 12.1 Å². The molecule has 0 saturated carbocycles. The zero-order chi connectivity index (χ0) is 20.9. The Balaban J connectivity index is 1.47. The molecule has 0 radical (unpaired) electrons. The van der Waals surface area contributed by atoms with Crippen molar-refractivity contribution >= 4 is 33.0 Å². The lowest BCUT2D eigenvalue weighted by Crippen LogP contribution is -2.46. The van der Waals surface area contributed by atoms with Gasteiger partial charge in [-0.3, -0.25) is 9.78 Å². The smallest absolute Gasteiger partial charge is 0.223 e. The second-order valence-electron chi connectivity index (χ2n) is 7.40. The third kappa shape index (κ3) is 6.18. The number of nitrogens with zero attached hydrogens (tertiary/aromatic N) is 3. The second-order valence-corrected chi connectivity index (χ2v) is 10.0. The number of sulfone groups is 1. The van der Waals surface area contributed by atoms with Gasteiger partial charge in [-0.2, -0.15) is 0 Å². The first-order valence-corrected chi connectivity index (χ1v) is 11.9. The Labute approximate surface area is 177 Å². The van der Waals surface area contributed by atoms with Gasteiger partial charge in [0.05, 0.1) is 11.5 Å². The number of rotatable bonds is 7. The van der Waals surface area contributed by atoms with E-state index in [-0.39, 0.29) is 29.9 Å². The van der Waals surface area contributed by atoms with Crippen LogP contribution in [0.15, 0.2) is 48.8 Å². The van der Waals surface area contributed by atoms with Crippen LogP contribution in [0.3, 0.4) is 0 Å². The Morgan fingerprint density at radius 1 is 1.14 bits per heavy atom. The van der Waals surface area contributed by atoms with E-state index in [1.54, 1.807) is 48.6 Å². The molecule has 6 nitrogen and oxygen atoms in total. The summed E-state index contributed by atoms with van der Waals surface area (Å²) in [5, 5.41) is 0.568. The van der Waals surface area contributed by atoms with E-state index in [4.69, 9.17) is 11.6 Å². The summed E-state index contributed by atoms with van der Waals surface area (Å²) in [5.74, 6) is -0.341. The van der Waals surface area contributed by atoms with Crippen LogP contribution < -0.4 is 4.90 Å². The molecule has 1 aliphatic heterocycles. The van der Waals surface area contributed by atoms with Gasteiger partial charge in [-0.05, 0) is 42.7 Å². The molecule has 0 spiro atoms. The van der Waals surface area contributed by atoms with Crippen LogP contribution in [-0.4, -0.2) is 56.1 Å². The average molecular weight is 436 g/mol. The van der Waals surface area contributed by atoms with E-state index in [9.17, 15) is 13.2 Å². The predicted octanol–water partition coefficient (Wildman–Crippen LogP) is 3.17. The van der Waals surface area contributed by atoms with Gasteiger partial charge in [-0.1, -0.05) is 23.7 Å². The zero-order valence-corrected chi connectivity index (χ0v) is 18.1. The molecule has 0 N–H and O–H groups in total. The van der Waals surface area contributed by atoms with Crippen LogP contribution in [-0.2, 0) is 20.4 Å². The first-order chi connectivity index (χ1) is 13.8. The van der Waals surface area contributed by atoms with E-state index in [0.717, 1.165) is 31.6 Å². The number of pyridine rings is 1. The molecule has 1 aliphatic rings. The van der Waals surface area contributed by atoms with Crippen molar-refractivity contribution < 1.29 is 13.2 Å². The molecule has 2 heterocycles. The van der Waals surface area contributed by atoms with Crippen LogP contribution in [0.2, 0.25) is 5.02 Å². The molecule has 0 aliphatic carbocycles. The highest BCUT2D eigenvalue weighted by Crippen LogP contribution is 2.22. The fourth-order valence-electron chi connectivity index (χ4n) is 3.60. The summed E-state index contributed by atoms with van der Waals surface area (Å²) in [6.45, 7) is 1.72.